The highest BCUT2D eigenvalue weighted by molar-refractivity contribution is 6.35. The Hall–Kier alpha value is -3.47. The van der Waals surface area contributed by atoms with Crippen LogP contribution in [0.25, 0.3) is 22.6 Å². The second kappa shape index (κ2) is 7.10. The Morgan fingerprint density at radius 3 is 2.50 bits per heavy atom. The van der Waals surface area contributed by atoms with Gasteiger partial charge in [0.25, 0.3) is 5.91 Å². The first-order chi connectivity index (χ1) is 14.1. The maximum atomic E-state index is 13.8. The molecule has 0 aliphatic rings. The number of halogens is 6. The Morgan fingerprint density at radius 2 is 1.83 bits per heavy atom. The Kier molecular flexibility index (Phi) is 4.69. The molecule has 12 heteroatoms. The van der Waals surface area contributed by atoms with Crippen molar-refractivity contribution in [2.45, 2.75) is 6.18 Å². The first kappa shape index (κ1) is 19.8. The van der Waals surface area contributed by atoms with Crippen molar-refractivity contribution in [3.05, 3.63) is 64.3 Å². The van der Waals surface area contributed by atoms with Crippen molar-refractivity contribution in [3.8, 4) is 11.5 Å². The summed E-state index contributed by atoms with van der Waals surface area (Å²) >= 11 is 5.92. The molecule has 0 unspecified atom stereocenters. The number of nitrogens with zero attached hydrogens (tertiary/aromatic N) is 2. The lowest BCUT2D eigenvalue weighted by Gasteiger charge is -2.06. The van der Waals surface area contributed by atoms with Gasteiger partial charge in [-0.3, -0.25) is 9.89 Å². The van der Waals surface area contributed by atoms with Crippen molar-refractivity contribution in [2.75, 3.05) is 5.32 Å². The molecule has 0 bridgehead atoms. The van der Waals surface area contributed by atoms with E-state index in [1.165, 1.54) is 6.20 Å². The molecule has 30 heavy (non-hydrogen) atoms. The number of hydrogen-bond acceptors (Lipinski definition) is 3. The molecule has 1 amide bonds. The summed E-state index contributed by atoms with van der Waals surface area (Å²) in [4.78, 5) is 19.1. The van der Waals surface area contributed by atoms with Gasteiger partial charge in [-0.2, -0.15) is 18.3 Å². The van der Waals surface area contributed by atoms with Gasteiger partial charge in [0.1, 0.15) is 22.7 Å². The number of alkyl halides is 3. The fourth-order valence-electron chi connectivity index (χ4n) is 2.82. The topological polar surface area (TPSA) is 86.5 Å². The first-order valence-corrected chi connectivity index (χ1v) is 8.59. The first-order valence-electron chi connectivity index (χ1n) is 8.21. The molecule has 0 fully saturated rings. The zero-order chi connectivity index (χ0) is 21.6. The van der Waals surface area contributed by atoms with Gasteiger partial charge in [-0.05, 0) is 24.3 Å². The molecule has 0 aliphatic heterocycles. The van der Waals surface area contributed by atoms with Gasteiger partial charge in [-0.1, -0.05) is 17.7 Å². The highest BCUT2D eigenvalue weighted by Crippen LogP contribution is 2.36. The maximum Gasteiger partial charge on any atom is 0.416 e. The van der Waals surface area contributed by atoms with E-state index in [-0.39, 0.29) is 33.3 Å². The van der Waals surface area contributed by atoms with Crippen molar-refractivity contribution in [1.29, 1.82) is 0 Å². The number of hydrogen-bond donors (Lipinski definition) is 3. The standard InChI is InChI=1S/C18H9ClF5N5O/c19-8-4-7(18(22,23)24)5-11-14(8)28-16(26-11)15-12(6-25-29-15)27-17(30)13-9(20)2-1-3-10(13)21/h1-6H,(H,25,29)(H,26,28)(H,27,30). The van der Waals surface area contributed by atoms with E-state index in [0.717, 1.165) is 30.3 Å². The normalized spacial score (nSPS) is 11.8. The molecule has 2 heterocycles. The number of aromatic amines is 2. The number of fused-ring (bicyclic) bond motifs is 1. The van der Waals surface area contributed by atoms with Crippen molar-refractivity contribution >= 4 is 34.2 Å². The molecule has 0 radical (unpaired) electrons. The van der Waals surface area contributed by atoms with Crippen LogP contribution in [0.2, 0.25) is 5.02 Å². The van der Waals surface area contributed by atoms with Gasteiger partial charge in [0, 0.05) is 6.20 Å². The van der Waals surface area contributed by atoms with E-state index in [1.807, 2.05) is 0 Å². The average molecular weight is 442 g/mol. The number of benzene rings is 2. The molecule has 0 atom stereocenters. The lowest BCUT2D eigenvalue weighted by Crippen LogP contribution is -2.16. The highest BCUT2D eigenvalue weighted by Gasteiger charge is 2.32. The minimum Gasteiger partial charge on any atom is -0.336 e. The van der Waals surface area contributed by atoms with E-state index in [2.05, 4.69) is 25.5 Å². The number of anilines is 1. The quantitative estimate of drug-likeness (QED) is 0.384. The lowest BCUT2D eigenvalue weighted by molar-refractivity contribution is -0.137. The van der Waals surface area contributed by atoms with E-state index in [4.69, 9.17) is 11.6 Å². The molecule has 0 spiro atoms. The minimum absolute atomic E-state index is 0.000854. The number of rotatable bonds is 3. The number of aromatic nitrogens is 4. The third-order valence-electron chi connectivity index (χ3n) is 4.17. The van der Waals surface area contributed by atoms with Crippen LogP contribution in [0.1, 0.15) is 15.9 Å². The van der Waals surface area contributed by atoms with Crippen LogP contribution in [-0.4, -0.2) is 26.1 Å². The largest absolute Gasteiger partial charge is 0.416 e. The molecule has 0 aliphatic carbocycles. The van der Waals surface area contributed by atoms with Gasteiger partial charge < -0.3 is 10.3 Å². The number of amides is 1. The second-order valence-electron chi connectivity index (χ2n) is 6.14. The average Bonchev–Trinajstić information content (AvgIpc) is 3.27. The molecule has 6 nitrogen and oxygen atoms in total. The molecular formula is C18H9ClF5N5O. The summed E-state index contributed by atoms with van der Waals surface area (Å²) in [7, 11) is 0. The van der Waals surface area contributed by atoms with Crippen molar-refractivity contribution in [3.63, 3.8) is 0 Å². The molecular weight excluding hydrogens is 433 g/mol. The van der Waals surface area contributed by atoms with Gasteiger partial charge >= 0.3 is 6.18 Å². The number of carbonyl (C=O) groups is 1. The van der Waals surface area contributed by atoms with Gasteiger partial charge in [0.15, 0.2) is 11.5 Å². The minimum atomic E-state index is -4.61. The van der Waals surface area contributed by atoms with Crippen molar-refractivity contribution in [2.24, 2.45) is 0 Å². The van der Waals surface area contributed by atoms with E-state index >= 15 is 0 Å². The van der Waals surface area contributed by atoms with Gasteiger partial charge in [0.05, 0.1) is 21.8 Å². The predicted octanol–water partition coefficient (Wildman–Crippen LogP) is 5.16. The summed E-state index contributed by atoms with van der Waals surface area (Å²) in [6, 6.07) is 4.53. The second-order valence-corrected chi connectivity index (χ2v) is 6.54. The number of H-pyrrole nitrogens is 2. The molecule has 0 saturated heterocycles. The van der Waals surface area contributed by atoms with Crippen LogP contribution in [0.15, 0.2) is 36.5 Å². The van der Waals surface area contributed by atoms with E-state index in [1.54, 1.807) is 0 Å². The van der Waals surface area contributed by atoms with Crippen LogP contribution < -0.4 is 5.32 Å². The Bertz CT molecular complexity index is 1260. The van der Waals surface area contributed by atoms with E-state index in [9.17, 15) is 26.7 Å². The zero-order valence-electron chi connectivity index (χ0n) is 14.5. The zero-order valence-corrected chi connectivity index (χ0v) is 15.3. The van der Waals surface area contributed by atoms with E-state index < -0.39 is 34.8 Å². The van der Waals surface area contributed by atoms with Crippen LogP contribution in [0, 0.1) is 11.6 Å². The lowest BCUT2D eigenvalue weighted by atomic mass is 10.2. The SMILES string of the molecule is O=C(Nc1c[nH]nc1-c1nc2c(Cl)cc(C(F)(F)F)cc2[nH]1)c1c(F)cccc1F. The molecule has 2 aromatic heterocycles. The number of nitrogens with one attached hydrogen (secondary N) is 3. The van der Waals surface area contributed by atoms with Crippen LogP contribution in [-0.2, 0) is 6.18 Å². The summed E-state index contributed by atoms with van der Waals surface area (Å²) < 4.78 is 66.6. The van der Waals surface area contributed by atoms with Crippen molar-refractivity contribution < 1.29 is 26.7 Å². The molecule has 2 aromatic carbocycles. The fourth-order valence-corrected chi connectivity index (χ4v) is 3.08. The summed E-state index contributed by atoms with van der Waals surface area (Å²) in [6.45, 7) is 0. The molecule has 0 saturated carbocycles. The molecule has 4 rings (SSSR count). The van der Waals surface area contributed by atoms with E-state index in [0.29, 0.717) is 0 Å². The Balaban J connectivity index is 1.72. The molecule has 3 N–H and O–H groups in total. The van der Waals surface area contributed by atoms with Crippen molar-refractivity contribution in [1.82, 2.24) is 20.2 Å². The maximum absolute atomic E-state index is 13.8. The Morgan fingerprint density at radius 1 is 1.13 bits per heavy atom. The monoisotopic (exact) mass is 441 g/mol. The highest BCUT2D eigenvalue weighted by atomic mass is 35.5. The number of carbonyl (C=O) groups excluding carboxylic acids is 1. The summed E-state index contributed by atoms with van der Waals surface area (Å²) in [5, 5.41) is 8.40. The molecule has 4 aromatic rings. The third-order valence-corrected chi connectivity index (χ3v) is 4.46. The molecule has 154 valence electrons. The van der Waals surface area contributed by atoms with Crippen LogP contribution >= 0.6 is 11.6 Å². The smallest absolute Gasteiger partial charge is 0.336 e. The fraction of sp³-hybridized carbons (Fsp3) is 0.0556. The summed E-state index contributed by atoms with van der Waals surface area (Å²) in [6.07, 6.45) is -3.39. The third kappa shape index (κ3) is 3.47. The van der Waals surface area contributed by atoms with Gasteiger partial charge in [0.2, 0.25) is 0 Å². The summed E-state index contributed by atoms with van der Waals surface area (Å²) in [5.41, 5.74) is -1.73. The van der Waals surface area contributed by atoms with Crippen LogP contribution in [0.4, 0.5) is 27.6 Å². The van der Waals surface area contributed by atoms with Crippen LogP contribution in [0.5, 0.6) is 0 Å². The van der Waals surface area contributed by atoms with Crippen LogP contribution in [0.3, 0.4) is 0 Å². The van der Waals surface area contributed by atoms with Gasteiger partial charge in [-0.25, -0.2) is 13.8 Å². The summed E-state index contributed by atoms with van der Waals surface area (Å²) in [5.74, 6) is -3.22. The number of imidazole rings is 1. The van der Waals surface area contributed by atoms with Gasteiger partial charge in [-0.15, -0.1) is 0 Å². The Labute approximate surface area is 169 Å². The predicted molar refractivity (Wildman–Crippen MR) is 98.0 cm³/mol.